The van der Waals surface area contributed by atoms with Crippen LogP contribution in [0.2, 0.25) is 0 Å². The lowest BCUT2D eigenvalue weighted by Gasteiger charge is -2.04. The molecule has 2 rings (SSSR count). The minimum absolute atomic E-state index is 0.0262. The third-order valence-corrected chi connectivity index (χ3v) is 3.14. The van der Waals surface area contributed by atoms with Crippen molar-refractivity contribution in [1.29, 1.82) is 0 Å². The highest BCUT2D eigenvalue weighted by Gasteiger charge is 2.16. The molecule has 0 bridgehead atoms. The molecule has 0 aliphatic heterocycles. The van der Waals surface area contributed by atoms with Gasteiger partial charge in [-0.05, 0) is 12.5 Å². The highest BCUT2D eigenvalue weighted by atomic mass is 16.6. The van der Waals surface area contributed by atoms with Gasteiger partial charge >= 0.3 is 5.63 Å². The quantitative estimate of drug-likeness (QED) is 0.478. The Balaban J connectivity index is 2.24. The topological polar surface area (TPSA) is 98.3 Å². The Labute approximate surface area is 121 Å². The number of rotatable bonds is 7. The Morgan fingerprint density at radius 2 is 2.14 bits per heavy atom. The van der Waals surface area contributed by atoms with Crippen LogP contribution < -0.4 is 10.9 Å². The molecule has 0 amide bonds. The van der Waals surface area contributed by atoms with Crippen LogP contribution in [-0.2, 0) is 0 Å². The highest BCUT2D eigenvalue weighted by molar-refractivity contribution is 5.86. The number of nitro benzene ring substituents is 1. The van der Waals surface area contributed by atoms with Gasteiger partial charge in [0.25, 0.3) is 11.7 Å². The number of fused-ring (bicyclic) bond motifs is 1. The van der Waals surface area contributed by atoms with Gasteiger partial charge in [0.05, 0.1) is 10.3 Å². The predicted octanol–water partition coefficient (Wildman–Crippen LogP) is 3.09. The zero-order valence-corrected chi connectivity index (χ0v) is 11.8. The first-order valence-corrected chi connectivity index (χ1v) is 6.95. The molecule has 0 aliphatic rings. The standard InChI is InChI=1S/C14H17N3O4/c1-2-3-4-5-9-15-14-16-12-10(13(18)21-14)7-6-8-11(12)17(19)20/h6-8H,2-5,9H2,1H3,(H,15,16). The molecule has 21 heavy (non-hydrogen) atoms. The van der Waals surface area contributed by atoms with E-state index in [2.05, 4.69) is 17.2 Å². The number of unbranched alkanes of at least 4 members (excludes halogenated alkanes) is 3. The Morgan fingerprint density at radius 1 is 1.33 bits per heavy atom. The third kappa shape index (κ3) is 3.56. The maximum Gasteiger partial charge on any atom is 0.348 e. The van der Waals surface area contributed by atoms with Gasteiger partial charge in [-0.1, -0.05) is 32.3 Å². The van der Waals surface area contributed by atoms with Gasteiger partial charge in [-0.15, -0.1) is 0 Å². The summed E-state index contributed by atoms with van der Waals surface area (Å²) >= 11 is 0. The number of para-hydroxylation sites is 1. The van der Waals surface area contributed by atoms with E-state index in [0.717, 1.165) is 25.7 Å². The summed E-state index contributed by atoms with van der Waals surface area (Å²) < 4.78 is 5.03. The molecule has 0 atom stereocenters. The van der Waals surface area contributed by atoms with Crippen LogP contribution in [0.25, 0.3) is 10.9 Å². The normalized spacial score (nSPS) is 10.7. The summed E-state index contributed by atoms with van der Waals surface area (Å²) in [6.07, 6.45) is 4.27. The van der Waals surface area contributed by atoms with Crippen LogP contribution in [0.3, 0.4) is 0 Å². The second kappa shape index (κ2) is 6.83. The maximum absolute atomic E-state index is 11.8. The Kier molecular flexibility index (Phi) is 4.86. The first-order valence-electron chi connectivity index (χ1n) is 6.95. The van der Waals surface area contributed by atoms with Crippen molar-refractivity contribution in [2.45, 2.75) is 32.6 Å². The van der Waals surface area contributed by atoms with E-state index in [-0.39, 0.29) is 22.6 Å². The molecule has 2 aromatic rings. The predicted molar refractivity (Wildman–Crippen MR) is 79.6 cm³/mol. The second-order valence-corrected chi connectivity index (χ2v) is 4.72. The van der Waals surface area contributed by atoms with Crippen molar-refractivity contribution >= 4 is 22.6 Å². The fourth-order valence-electron chi connectivity index (χ4n) is 2.05. The smallest absolute Gasteiger partial charge is 0.348 e. The van der Waals surface area contributed by atoms with Gasteiger partial charge < -0.3 is 9.73 Å². The molecule has 0 radical (unpaired) electrons. The monoisotopic (exact) mass is 291 g/mol. The SMILES string of the molecule is CCCCCCNc1nc2c([N+](=O)[O-])cccc2c(=O)o1. The summed E-state index contributed by atoms with van der Waals surface area (Å²) in [6, 6.07) is 4.25. The molecule has 1 aromatic heterocycles. The van der Waals surface area contributed by atoms with Crippen LogP contribution in [-0.4, -0.2) is 16.5 Å². The second-order valence-electron chi connectivity index (χ2n) is 4.72. The van der Waals surface area contributed by atoms with E-state index in [1.807, 2.05) is 0 Å². The van der Waals surface area contributed by atoms with Crippen LogP contribution in [0.15, 0.2) is 27.4 Å². The summed E-state index contributed by atoms with van der Waals surface area (Å²) in [6.45, 7) is 2.73. The number of nitro groups is 1. The van der Waals surface area contributed by atoms with Crippen molar-refractivity contribution < 1.29 is 9.34 Å². The molecule has 0 fully saturated rings. The highest BCUT2D eigenvalue weighted by Crippen LogP contribution is 2.22. The molecule has 0 unspecified atom stereocenters. The van der Waals surface area contributed by atoms with E-state index in [0.29, 0.717) is 6.54 Å². The first kappa shape index (κ1) is 15.0. The average Bonchev–Trinajstić information content (AvgIpc) is 2.46. The van der Waals surface area contributed by atoms with Gasteiger partial charge in [-0.2, -0.15) is 4.98 Å². The number of hydrogen-bond acceptors (Lipinski definition) is 6. The first-order chi connectivity index (χ1) is 10.1. The lowest BCUT2D eigenvalue weighted by molar-refractivity contribution is -0.383. The fourth-order valence-corrected chi connectivity index (χ4v) is 2.05. The minimum atomic E-state index is -0.625. The molecule has 0 aliphatic carbocycles. The van der Waals surface area contributed by atoms with Crippen LogP contribution in [0.4, 0.5) is 11.7 Å². The zero-order valence-electron chi connectivity index (χ0n) is 11.8. The Morgan fingerprint density at radius 3 is 2.86 bits per heavy atom. The summed E-state index contributed by atoms with van der Waals surface area (Å²) in [7, 11) is 0. The molecule has 1 aromatic carbocycles. The molecule has 0 spiro atoms. The van der Waals surface area contributed by atoms with Gasteiger partial charge in [0, 0.05) is 12.6 Å². The fraction of sp³-hybridized carbons (Fsp3) is 0.429. The number of anilines is 1. The molecule has 7 nitrogen and oxygen atoms in total. The summed E-state index contributed by atoms with van der Waals surface area (Å²) in [5, 5.41) is 14.0. The largest absolute Gasteiger partial charge is 0.389 e. The van der Waals surface area contributed by atoms with Crippen molar-refractivity contribution in [3.63, 3.8) is 0 Å². The van der Waals surface area contributed by atoms with E-state index < -0.39 is 10.5 Å². The number of benzene rings is 1. The van der Waals surface area contributed by atoms with Crippen molar-refractivity contribution in [1.82, 2.24) is 4.98 Å². The zero-order chi connectivity index (χ0) is 15.2. The van der Waals surface area contributed by atoms with Crippen molar-refractivity contribution in [3.05, 3.63) is 38.7 Å². The van der Waals surface area contributed by atoms with Crippen LogP contribution in [0, 0.1) is 10.1 Å². The van der Waals surface area contributed by atoms with Crippen LogP contribution in [0.1, 0.15) is 32.6 Å². The maximum atomic E-state index is 11.8. The molecule has 112 valence electrons. The molecular formula is C14H17N3O4. The summed E-state index contributed by atoms with van der Waals surface area (Å²) in [5.74, 6) is 0. The van der Waals surface area contributed by atoms with Gasteiger partial charge in [0.2, 0.25) is 0 Å². The van der Waals surface area contributed by atoms with E-state index in [9.17, 15) is 14.9 Å². The van der Waals surface area contributed by atoms with Crippen molar-refractivity contribution in [3.8, 4) is 0 Å². The minimum Gasteiger partial charge on any atom is -0.389 e. The van der Waals surface area contributed by atoms with Crippen molar-refractivity contribution in [2.75, 3.05) is 11.9 Å². The number of nitrogens with one attached hydrogen (secondary N) is 1. The number of aromatic nitrogens is 1. The molecule has 1 heterocycles. The molecule has 0 saturated carbocycles. The van der Waals surface area contributed by atoms with E-state index in [4.69, 9.17) is 4.42 Å². The molecule has 0 saturated heterocycles. The van der Waals surface area contributed by atoms with Gasteiger partial charge in [-0.25, -0.2) is 4.79 Å². The number of hydrogen-bond donors (Lipinski definition) is 1. The van der Waals surface area contributed by atoms with Gasteiger partial charge in [-0.3, -0.25) is 10.1 Å². The number of non-ortho nitro benzene ring substituents is 1. The van der Waals surface area contributed by atoms with Gasteiger partial charge in [0.15, 0.2) is 5.52 Å². The van der Waals surface area contributed by atoms with Gasteiger partial charge in [0.1, 0.15) is 0 Å². The Hall–Kier alpha value is -2.44. The lowest BCUT2D eigenvalue weighted by atomic mass is 10.2. The molecular weight excluding hydrogens is 274 g/mol. The lowest BCUT2D eigenvalue weighted by Crippen LogP contribution is -2.09. The van der Waals surface area contributed by atoms with E-state index >= 15 is 0 Å². The molecule has 1 N–H and O–H groups in total. The third-order valence-electron chi connectivity index (χ3n) is 3.14. The van der Waals surface area contributed by atoms with Crippen molar-refractivity contribution in [2.24, 2.45) is 0 Å². The number of nitrogens with zero attached hydrogens (tertiary/aromatic N) is 2. The van der Waals surface area contributed by atoms with Crippen LogP contribution in [0.5, 0.6) is 0 Å². The van der Waals surface area contributed by atoms with E-state index in [1.165, 1.54) is 18.2 Å². The average molecular weight is 291 g/mol. The molecule has 7 heteroatoms. The summed E-state index contributed by atoms with van der Waals surface area (Å²) in [4.78, 5) is 26.3. The van der Waals surface area contributed by atoms with Crippen LogP contribution >= 0.6 is 0 Å². The Bertz CT molecular complexity index is 696. The summed E-state index contributed by atoms with van der Waals surface area (Å²) in [5.41, 5.74) is -0.774. The van der Waals surface area contributed by atoms with E-state index in [1.54, 1.807) is 0 Å².